The molecule has 3 aromatic carbocycles. The van der Waals surface area contributed by atoms with Crippen LogP contribution in [-0.2, 0) is 23.8 Å². The summed E-state index contributed by atoms with van der Waals surface area (Å²) in [4.78, 5) is 47.2. The van der Waals surface area contributed by atoms with Crippen LogP contribution in [0.5, 0.6) is 17.2 Å². The summed E-state index contributed by atoms with van der Waals surface area (Å²) in [6.45, 7) is 7.42. The largest absolute Gasteiger partial charge is 0.513 e. The van der Waals surface area contributed by atoms with E-state index in [0.29, 0.717) is 35.7 Å². The summed E-state index contributed by atoms with van der Waals surface area (Å²) in [5.74, 6) is -0.207. The molecular formula is C33H34O10. The molecule has 0 bridgehead atoms. The minimum absolute atomic E-state index is 0.0766. The summed E-state index contributed by atoms with van der Waals surface area (Å²) in [5, 5.41) is 0. The minimum Gasteiger partial charge on any atom is -0.493 e. The number of unbranched alkanes of at least 4 members (excludes halogenated alkanes) is 1. The molecule has 0 aromatic heterocycles. The Bertz CT molecular complexity index is 1360. The molecule has 0 N–H and O–H groups in total. The smallest absolute Gasteiger partial charge is 0.493 e. The van der Waals surface area contributed by atoms with Gasteiger partial charge in [0.15, 0.2) is 0 Å². The molecule has 0 aliphatic rings. The Morgan fingerprint density at radius 1 is 0.698 bits per heavy atom. The van der Waals surface area contributed by atoms with Gasteiger partial charge in [-0.3, -0.25) is 9.59 Å². The second kappa shape index (κ2) is 17.0. The third-order valence-corrected chi connectivity index (χ3v) is 5.81. The lowest BCUT2D eigenvalue weighted by atomic mass is 10.0. The Balaban J connectivity index is 1.41. The molecule has 0 spiro atoms. The number of ether oxygens (including phenoxy) is 6. The summed E-state index contributed by atoms with van der Waals surface area (Å²) < 4.78 is 30.8. The lowest BCUT2D eigenvalue weighted by molar-refractivity contribution is -0.147. The highest BCUT2D eigenvalue weighted by atomic mass is 16.7. The normalized spacial score (nSPS) is 10.4. The fourth-order valence-corrected chi connectivity index (χ4v) is 3.51. The van der Waals surface area contributed by atoms with Crippen molar-refractivity contribution in [3.05, 3.63) is 91.2 Å². The lowest BCUT2D eigenvalue weighted by Crippen LogP contribution is -2.14. The van der Waals surface area contributed by atoms with Crippen molar-refractivity contribution in [2.75, 3.05) is 19.8 Å². The Hall–Kier alpha value is -5.12. The zero-order chi connectivity index (χ0) is 31.0. The summed E-state index contributed by atoms with van der Waals surface area (Å²) in [6, 6.07) is 20.2. The summed E-state index contributed by atoms with van der Waals surface area (Å²) in [6.07, 6.45) is 1.45. The number of benzene rings is 3. The molecule has 0 atom stereocenters. The highest BCUT2D eigenvalue weighted by molar-refractivity contribution is 5.91. The highest BCUT2D eigenvalue weighted by Crippen LogP contribution is 2.24. The van der Waals surface area contributed by atoms with Crippen LogP contribution < -0.4 is 14.2 Å². The van der Waals surface area contributed by atoms with Crippen LogP contribution in [0.4, 0.5) is 4.79 Å². The van der Waals surface area contributed by atoms with Gasteiger partial charge < -0.3 is 28.4 Å². The number of esters is 3. The highest BCUT2D eigenvalue weighted by Gasteiger charge is 2.11. The molecule has 43 heavy (non-hydrogen) atoms. The first-order valence-electron chi connectivity index (χ1n) is 13.7. The van der Waals surface area contributed by atoms with E-state index in [-0.39, 0.29) is 38.1 Å². The molecule has 10 heteroatoms. The number of hydrogen-bond acceptors (Lipinski definition) is 10. The Kier molecular flexibility index (Phi) is 12.8. The molecule has 226 valence electrons. The van der Waals surface area contributed by atoms with Crippen molar-refractivity contribution in [3.63, 3.8) is 0 Å². The first kappa shape index (κ1) is 32.4. The summed E-state index contributed by atoms with van der Waals surface area (Å²) in [7, 11) is 0. The van der Waals surface area contributed by atoms with Crippen molar-refractivity contribution in [3.8, 4) is 28.4 Å². The first-order valence-corrected chi connectivity index (χ1v) is 13.7. The van der Waals surface area contributed by atoms with E-state index in [1.807, 2.05) is 0 Å². The van der Waals surface area contributed by atoms with E-state index in [1.165, 1.54) is 0 Å². The second-order valence-corrected chi connectivity index (χ2v) is 9.45. The SMILES string of the molecule is C=COC(=O)CCOc1ccc(OC(=O)c2ccc(-c3ccc(OC(=O)OCCCCOC(=O)C(C)C)cc3)cc2)cc1. The van der Waals surface area contributed by atoms with E-state index in [0.717, 1.165) is 17.4 Å². The first-order chi connectivity index (χ1) is 20.7. The van der Waals surface area contributed by atoms with Crippen LogP contribution >= 0.6 is 0 Å². The maximum absolute atomic E-state index is 12.6. The molecule has 0 fully saturated rings. The van der Waals surface area contributed by atoms with Crippen molar-refractivity contribution >= 4 is 24.1 Å². The molecule has 0 unspecified atom stereocenters. The monoisotopic (exact) mass is 590 g/mol. The maximum Gasteiger partial charge on any atom is 0.513 e. The van der Waals surface area contributed by atoms with E-state index in [9.17, 15) is 19.2 Å². The molecular weight excluding hydrogens is 556 g/mol. The Labute approximate surface area is 250 Å². The van der Waals surface area contributed by atoms with Crippen LogP contribution in [0.1, 0.15) is 43.5 Å². The van der Waals surface area contributed by atoms with Gasteiger partial charge in [-0.25, -0.2) is 9.59 Å². The van der Waals surface area contributed by atoms with Crippen LogP contribution in [0, 0.1) is 5.92 Å². The number of carbonyl (C=O) groups excluding carboxylic acids is 4. The Morgan fingerprint density at radius 2 is 1.23 bits per heavy atom. The van der Waals surface area contributed by atoms with Crippen LogP contribution in [0.15, 0.2) is 85.6 Å². The fourth-order valence-electron chi connectivity index (χ4n) is 3.51. The van der Waals surface area contributed by atoms with Crippen LogP contribution in [0.3, 0.4) is 0 Å². The zero-order valence-corrected chi connectivity index (χ0v) is 24.1. The third-order valence-electron chi connectivity index (χ3n) is 5.81. The van der Waals surface area contributed by atoms with Crippen LogP contribution in [0.2, 0.25) is 0 Å². The predicted octanol–water partition coefficient (Wildman–Crippen LogP) is 6.52. The van der Waals surface area contributed by atoms with Crippen LogP contribution in [-0.4, -0.2) is 43.9 Å². The van der Waals surface area contributed by atoms with Gasteiger partial charge >= 0.3 is 24.1 Å². The predicted molar refractivity (Wildman–Crippen MR) is 157 cm³/mol. The van der Waals surface area contributed by atoms with E-state index >= 15 is 0 Å². The molecule has 0 aliphatic carbocycles. The molecule has 3 rings (SSSR count). The van der Waals surface area contributed by atoms with Crippen molar-refractivity contribution in [1.82, 2.24) is 0 Å². The van der Waals surface area contributed by atoms with Gasteiger partial charge in [0, 0.05) is 0 Å². The van der Waals surface area contributed by atoms with Crippen molar-refractivity contribution in [2.45, 2.75) is 33.1 Å². The maximum atomic E-state index is 12.6. The minimum atomic E-state index is -0.817. The molecule has 0 aliphatic heterocycles. The molecule has 3 aromatic rings. The lowest BCUT2D eigenvalue weighted by Gasteiger charge is -2.09. The molecule has 10 nitrogen and oxygen atoms in total. The summed E-state index contributed by atoms with van der Waals surface area (Å²) in [5.41, 5.74) is 2.07. The van der Waals surface area contributed by atoms with E-state index < -0.39 is 18.1 Å². The van der Waals surface area contributed by atoms with Crippen molar-refractivity contribution in [1.29, 1.82) is 0 Å². The van der Waals surface area contributed by atoms with Gasteiger partial charge in [0.1, 0.15) is 17.2 Å². The number of rotatable bonds is 15. The van der Waals surface area contributed by atoms with Gasteiger partial charge in [0.05, 0.1) is 44.0 Å². The molecule has 0 saturated heterocycles. The zero-order valence-electron chi connectivity index (χ0n) is 24.1. The average Bonchev–Trinajstić information content (AvgIpc) is 3.00. The van der Waals surface area contributed by atoms with Gasteiger partial charge in [-0.1, -0.05) is 44.7 Å². The van der Waals surface area contributed by atoms with Gasteiger partial charge in [-0.15, -0.1) is 0 Å². The molecule has 0 amide bonds. The molecule has 0 saturated carbocycles. The number of carbonyl (C=O) groups is 4. The van der Waals surface area contributed by atoms with Gasteiger partial charge in [0.2, 0.25) is 0 Å². The fraction of sp³-hybridized carbons (Fsp3) is 0.273. The van der Waals surface area contributed by atoms with E-state index in [1.54, 1.807) is 86.6 Å². The standard InChI is InChI=1S/C33H34O10/c1-4-38-30(34)19-22-39-27-15-17-28(18-16-27)42-32(36)26-9-7-24(8-10-26)25-11-13-29(14-12-25)43-33(37)41-21-6-5-20-40-31(35)23(2)3/h4,7-18,23H,1,5-6,19-22H2,2-3H3. The number of hydrogen-bond donors (Lipinski definition) is 0. The van der Waals surface area contributed by atoms with Gasteiger partial charge in [0.25, 0.3) is 0 Å². The average molecular weight is 591 g/mol. The molecule has 0 heterocycles. The van der Waals surface area contributed by atoms with Crippen molar-refractivity contribution < 1.29 is 47.6 Å². The summed E-state index contributed by atoms with van der Waals surface area (Å²) >= 11 is 0. The van der Waals surface area contributed by atoms with E-state index in [2.05, 4.69) is 11.3 Å². The third kappa shape index (κ3) is 11.3. The van der Waals surface area contributed by atoms with Crippen LogP contribution in [0.25, 0.3) is 11.1 Å². The topological polar surface area (TPSA) is 124 Å². The molecule has 0 radical (unpaired) electrons. The Morgan fingerprint density at radius 3 is 1.84 bits per heavy atom. The second-order valence-electron chi connectivity index (χ2n) is 9.45. The van der Waals surface area contributed by atoms with Gasteiger partial charge in [-0.2, -0.15) is 0 Å². The van der Waals surface area contributed by atoms with E-state index in [4.69, 9.17) is 23.7 Å². The van der Waals surface area contributed by atoms with Crippen molar-refractivity contribution in [2.24, 2.45) is 5.92 Å². The quantitative estimate of drug-likeness (QED) is 0.0482. The van der Waals surface area contributed by atoms with Gasteiger partial charge in [-0.05, 0) is 72.5 Å².